The minimum Gasteiger partial charge on any atom is -0.493 e. The molecule has 0 radical (unpaired) electrons. The molecule has 0 bridgehead atoms. The molecule has 0 aliphatic heterocycles. The molecule has 3 aromatic rings. The maximum Gasteiger partial charge on any atom is 0.163 e. The van der Waals surface area contributed by atoms with Gasteiger partial charge in [0.15, 0.2) is 11.5 Å². The van der Waals surface area contributed by atoms with Crippen LogP contribution in [0.3, 0.4) is 0 Å². The number of aromatic nitrogens is 2. The number of rotatable bonds is 5. The van der Waals surface area contributed by atoms with Crippen molar-refractivity contribution in [2.75, 3.05) is 34.4 Å². The smallest absolute Gasteiger partial charge is 0.163 e. The highest BCUT2D eigenvalue weighted by Crippen LogP contribution is 2.35. The Bertz CT molecular complexity index is 771. The first-order valence-corrected chi connectivity index (χ1v) is 6.90. The Hall–Kier alpha value is -1.98. The maximum absolute atomic E-state index is 5.84. The van der Waals surface area contributed by atoms with Gasteiger partial charge in [0.1, 0.15) is 6.61 Å². The molecular weight excluding hydrogens is 302 g/mol. The average molecular weight is 322 g/mol. The molecule has 3 rings (SSSR count). The molecule has 118 valence electrons. The van der Waals surface area contributed by atoms with Crippen LogP contribution in [0.5, 0.6) is 11.5 Å². The van der Waals surface area contributed by atoms with Crippen molar-refractivity contribution in [2.24, 2.45) is 0 Å². The van der Waals surface area contributed by atoms with Gasteiger partial charge in [0.05, 0.1) is 12.6 Å². The fourth-order valence-corrected chi connectivity index (χ4v) is 2.36. The standard InChI is InChI=1S/C16H19N3O2.ClH/c1-19(2)6-7-21-16-9-14-11(8-15(16)20-3)12-10-17-5-4-13(12)18-14;/h4-5,8-10,18H,6-7H2,1-3H3;1H. The fraction of sp³-hybridized carbons (Fsp3) is 0.312. The van der Waals surface area contributed by atoms with E-state index in [0.717, 1.165) is 39.8 Å². The van der Waals surface area contributed by atoms with Crippen LogP contribution in [0, 0.1) is 0 Å². The Morgan fingerprint density at radius 1 is 1.14 bits per heavy atom. The number of benzene rings is 1. The quantitative estimate of drug-likeness (QED) is 0.784. The van der Waals surface area contributed by atoms with E-state index in [1.165, 1.54) is 0 Å². The van der Waals surface area contributed by atoms with E-state index in [1.54, 1.807) is 13.3 Å². The van der Waals surface area contributed by atoms with Gasteiger partial charge in [-0.15, -0.1) is 12.4 Å². The second-order valence-corrected chi connectivity index (χ2v) is 5.25. The minimum absolute atomic E-state index is 0. The minimum atomic E-state index is 0. The van der Waals surface area contributed by atoms with Crippen molar-refractivity contribution >= 4 is 34.2 Å². The first kappa shape index (κ1) is 16.4. The molecule has 0 aliphatic carbocycles. The number of likely N-dealkylation sites (N-methyl/N-ethyl adjacent to an activating group) is 1. The summed E-state index contributed by atoms with van der Waals surface area (Å²) in [5.74, 6) is 1.50. The van der Waals surface area contributed by atoms with Crippen molar-refractivity contribution in [3.05, 3.63) is 30.6 Å². The number of H-pyrrole nitrogens is 1. The van der Waals surface area contributed by atoms with Crippen LogP contribution in [0.1, 0.15) is 0 Å². The summed E-state index contributed by atoms with van der Waals surface area (Å²) >= 11 is 0. The third kappa shape index (κ3) is 3.10. The summed E-state index contributed by atoms with van der Waals surface area (Å²) in [5, 5.41) is 2.18. The average Bonchev–Trinajstić information content (AvgIpc) is 2.83. The van der Waals surface area contributed by atoms with Gasteiger partial charge >= 0.3 is 0 Å². The second kappa shape index (κ2) is 6.85. The molecule has 0 amide bonds. The van der Waals surface area contributed by atoms with Crippen LogP contribution in [0.4, 0.5) is 0 Å². The Morgan fingerprint density at radius 3 is 2.68 bits per heavy atom. The van der Waals surface area contributed by atoms with E-state index in [4.69, 9.17) is 9.47 Å². The fourth-order valence-electron chi connectivity index (χ4n) is 2.36. The number of halogens is 1. The summed E-state index contributed by atoms with van der Waals surface area (Å²) in [7, 11) is 5.70. The number of ether oxygens (including phenoxy) is 2. The van der Waals surface area contributed by atoms with Gasteiger partial charge in [-0.05, 0) is 26.2 Å². The molecule has 22 heavy (non-hydrogen) atoms. The molecule has 5 nitrogen and oxygen atoms in total. The van der Waals surface area contributed by atoms with Crippen LogP contribution in [-0.2, 0) is 0 Å². The Labute approximate surface area is 135 Å². The van der Waals surface area contributed by atoms with E-state index in [2.05, 4.69) is 14.9 Å². The molecule has 0 saturated heterocycles. The van der Waals surface area contributed by atoms with Crippen molar-refractivity contribution in [3.63, 3.8) is 0 Å². The molecule has 0 spiro atoms. The van der Waals surface area contributed by atoms with E-state index < -0.39 is 0 Å². The van der Waals surface area contributed by atoms with Gasteiger partial charge in [-0.25, -0.2) is 0 Å². The number of nitrogens with zero attached hydrogens (tertiary/aromatic N) is 2. The highest BCUT2D eigenvalue weighted by Gasteiger charge is 2.11. The zero-order valence-electron chi connectivity index (χ0n) is 12.9. The molecule has 6 heteroatoms. The van der Waals surface area contributed by atoms with Gasteiger partial charge in [0, 0.05) is 41.3 Å². The third-order valence-electron chi connectivity index (χ3n) is 3.48. The van der Waals surface area contributed by atoms with Crippen molar-refractivity contribution in [1.29, 1.82) is 0 Å². The number of nitrogens with one attached hydrogen (secondary N) is 1. The summed E-state index contributed by atoms with van der Waals surface area (Å²) in [4.78, 5) is 9.65. The predicted molar refractivity (Wildman–Crippen MR) is 91.4 cm³/mol. The molecule has 0 unspecified atom stereocenters. The Balaban J connectivity index is 0.00000176. The van der Waals surface area contributed by atoms with Crippen LogP contribution in [-0.4, -0.2) is 49.2 Å². The highest BCUT2D eigenvalue weighted by atomic mass is 35.5. The van der Waals surface area contributed by atoms with Crippen LogP contribution in [0.25, 0.3) is 21.8 Å². The van der Waals surface area contributed by atoms with Gasteiger partial charge in [0.2, 0.25) is 0 Å². The number of hydrogen-bond donors (Lipinski definition) is 1. The zero-order chi connectivity index (χ0) is 14.8. The Morgan fingerprint density at radius 2 is 1.95 bits per heavy atom. The van der Waals surface area contributed by atoms with E-state index >= 15 is 0 Å². The number of pyridine rings is 1. The maximum atomic E-state index is 5.84. The van der Waals surface area contributed by atoms with Gasteiger partial charge < -0.3 is 19.4 Å². The lowest BCUT2D eigenvalue weighted by atomic mass is 10.2. The van der Waals surface area contributed by atoms with Gasteiger partial charge in [-0.3, -0.25) is 4.98 Å². The highest BCUT2D eigenvalue weighted by molar-refractivity contribution is 6.07. The summed E-state index contributed by atoms with van der Waals surface area (Å²) in [6.07, 6.45) is 3.64. The number of methoxy groups -OCH3 is 1. The topological polar surface area (TPSA) is 50.4 Å². The Kier molecular flexibility index (Phi) is 5.11. The van der Waals surface area contributed by atoms with E-state index in [9.17, 15) is 0 Å². The lowest BCUT2D eigenvalue weighted by Gasteiger charge is -2.13. The molecule has 0 aliphatic rings. The molecular formula is C16H20ClN3O2. The number of hydrogen-bond acceptors (Lipinski definition) is 4. The van der Waals surface area contributed by atoms with Gasteiger partial charge in [0.25, 0.3) is 0 Å². The van der Waals surface area contributed by atoms with Crippen molar-refractivity contribution in [1.82, 2.24) is 14.9 Å². The predicted octanol–water partition coefficient (Wildman–Crippen LogP) is 3.09. The zero-order valence-corrected chi connectivity index (χ0v) is 13.7. The first-order valence-electron chi connectivity index (χ1n) is 6.90. The van der Waals surface area contributed by atoms with Gasteiger partial charge in [-0.1, -0.05) is 0 Å². The van der Waals surface area contributed by atoms with E-state index in [1.807, 2.05) is 38.5 Å². The molecule has 2 heterocycles. The molecule has 0 saturated carbocycles. The number of aromatic amines is 1. The molecule has 2 aromatic heterocycles. The largest absolute Gasteiger partial charge is 0.493 e. The molecule has 0 fully saturated rings. The first-order chi connectivity index (χ1) is 10.2. The SMILES string of the molecule is COc1cc2c(cc1OCCN(C)C)[nH]c1ccncc12.Cl. The summed E-state index contributed by atoms with van der Waals surface area (Å²) in [5.41, 5.74) is 2.09. The van der Waals surface area contributed by atoms with E-state index in [0.29, 0.717) is 6.61 Å². The third-order valence-corrected chi connectivity index (χ3v) is 3.48. The summed E-state index contributed by atoms with van der Waals surface area (Å²) in [6, 6.07) is 5.96. The van der Waals surface area contributed by atoms with Crippen LogP contribution in [0.2, 0.25) is 0 Å². The lowest BCUT2D eigenvalue weighted by Crippen LogP contribution is -2.19. The normalized spacial score (nSPS) is 10.9. The molecule has 1 N–H and O–H groups in total. The van der Waals surface area contributed by atoms with E-state index in [-0.39, 0.29) is 12.4 Å². The summed E-state index contributed by atoms with van der Waals surface area (Å²) < 4.78 is 11.3. The summed E-state index contributed by atoms with van der Waals surface area (Å²) in [6.45, 7) is 1.48. The van der Waals surface area contributed by atoms with Crippen molar-refractivity contribution in [2.45, 2.75) is 0 Å². The molecule has 1 aromatic carbocycles. The lowest BCUT2D eigenvalue weighted by molar-refractivity contribution is 0.251. The molecule has 0 atom stereocenters. The van der Waals surface area contributed by atoms with Crippen LogP contribution in [0.15, 0.2) is 30.6 Å². The van der Waals surface area contributed by atoms with Crippen LogP contribution < -0.4 is 9.47 Å². The number of fused-ring (bicyclic) bond motifs is 3. The van der Waals surface area contributed by atoms with Crippen LogP contribution >= 0.6 is 12.4 Å². The van der Waals surface area contributed by atoms with Crippen molar-refractivity contribution < 1.29 is 9.47 Å². The monoisotopic (exact) mass is 321 g/mol. The second-order valence-electron chi connectivity index (χ2n) is 5.25. The van der Waals surface area contributed by atoms with Gasteiger partial charge in [-0.2, -0.15) is 0 Å². The van der Waals surface area contributed by atoms with Crippen molar-refractivity contribution in [3.8, 4) is 11.5 Å².